The average Bonchev–Trinajstić information content (AvgIpc) is 3.02. The van der Waals surface area contributed by atoms with Gasteiger partial charge in [0.05, 0.1) is 18.3 Å². The van der Waals surface area contributed by atoms with E-state index in [9.17, 15) is 28.1 Å². The summed E-state index contributed by atoms with van der Waals surface area (Å²) in [5.41, 5.74) is 2.11. The van der Waals surface area contributed by atoms with E-state index in [0.717, 1.165) is 65.4 Å². The molecule has 11 nitrogen and oxygen atoms in total. The fraction of sp³-hybridized carbons (Fsp3) is 0.394. The van der Waals surface area contributed by atoms with Gasteiger partial charge in [-0.05, 0) is 37.0 Å². The zero-order valence-electron chi connectivity index (χ0n) is 25.8. The average molecular weight is 637 g/mol. The van der Waals surface area contributed by atoms with Crippen LogP contribution in [-0.2, 0) is 32.6 Å². The molecule has 1 N–H and O–H groups in total. The van der Waals surface area contributed by atoms with Crippen LogP contribution in [0.3, 0.4) is 0 Å². The summed E-state index contributed by atoms with van der Waals surface area (Å²) in [6, 6.07) is 19.5. The maximum Gasteiger partial charge on any atom is 0.271 e. The molecular weight excluding hydrogens is 596 g/mol. The van der Waals surface area contributed by atoms with Crippen LogP contribution >= 0.6 is 0 Å². The summed E-state index contributed by atoms with van der Waals surface area (Å²) in [5.74, 6) is -0.917. The minimum atomic E-state index is -4.14. The molecule has 45 heavy (non-hydrogen) atoms. The maximum absolute atomic E-state index is 14.4. The number of anilines is 1. The smallest absolute Gasteiger partial charge is 0.271 e. The number of nitro groups is 1. The van der Waals surface area contributed by atoms with Crippen LogP contribution in [0, 0.1) is 17.0 Å². The molecule has 0 bridgehead atoms. The third-order valence-electron chi connectivity index (χ3n) is 8.02. The predicted octanol–water partition coefficient (Wildman–Crippen LogP) is 4.77. The molecule has 1 fully saturated rings. The van der Waals surface area contributed by atoms with Crippen LogP contribution in [0.2, 0.25) is 0 Å². The van der Waals surface area contributed by atoms with Gasteiger partial charge in [-0.1, -0.05) is 79.4 Å². The van der Waals surface area contributed by atoms with Gasteiger partial charge in [0.2, 0.25) is 21.8 Å². The molecule has 4 rings (SSSR count). The van der Waals surface area contributed by atoms with Gasteiger partial charge in [-0.15, -0.1) is 0 Å². The van der Waals surface area contributed by atoms with Crippen molar-refractivity contribution in [3.63, 3.8) is 0 Å². The summed E-state index contributed by atoms with van der Waals surface area (Å²) in [6.45, 7) is 1.28. The number of ether oxygens (including phenoxy) is 1. The van der Waals surface area contributed by atoms with E-state index < -0.39 is 33.4 Å². The number of benzene rings is 3. The molecule has 1 aliphatic rings. The molecule has 0 heterocycles. The van der Waals surface area contributed by atoms with E-state index in [1.54, 1.807) is 0 Å². The Morgan fingerprint density at radius 1 is 1.00 bits per heavy atom. The number of nitrogens with one attached hydrogen (secondary N) is 1. The number of hydrogen-bond donors (Lipinski definition) is 1. The molecule has 240 valence electrons. The van der Waals surface area contributed by atoms with Crippen molar-refractivity contribution in [3.8, 4) is 5.75 Å². The lowest BCUT2D eigenvalue weighted by Crippen LogP contribution is -2.55. The second-order valence-corrected chi connectivity index (χ2v) is 13.3. The molecule has 1 saturated carbocycles. The topological polar surface area (TPSA) is 139 Å². The Labute approximate surface area is 264 Å². The maximum atomic E-state index is 14.4. The molecule has 1 atom stereocenters. The Bertz CT molecular complexity index is 1590. The number of nitrogens with zero attached hydrogens (tertiary/aromatic N) is 3. The summed E-state index contributed by atoms with van der Waals surface area (Å²) in [7, 11) is -2.84. The zero-order valence-corrected chi connectivity index (χ0v) is 26.7. The first kappa shape index (κ1) is 33.4. The highest BCUT2D eigenvalue weighted by atomic mass is 32.2. The number of carbonyl (C=O) groups is 2. The van der Waals surface area contributed by atoms with E-state index in [4.69, 9.17) is 4.74 Å². The quantitative estimate of drug-likeness (QED) is 0.211. The Kier molecular flexibility index (Phi) is 11.2. The van der Waals surface area contributed by atoms with Crippen molar-refractivity contribution >= 4 is 33.2 Å². The summed E-state index contributed by atoms with van der Waals surface area (Å²) in [5, 5.41) is 14.7. The highest BCUT2D eigenvalue weighted by Gasteiger charge is 2.35. The van der Waals surface area contributed by atoms with Crippen LogP contribution in [0.25, 0.3) is 0 Å². The number of aryl methyl sites for hydroxylation is 1. The first-order chi connectivity index (χ1) is 21.5. The number of amides is 2. The first-order valence-electron chi connectivity index (χ1n) is 15.0. The van der Waals surface area contributed by atoms with Crippen molar-refractivity contribution in [2.45, 2.75) is 64.1 Å². The molecule has 0 unspecified atom stereocenters. The second-order valence-electron chi connectivity index (χ2n) is 11.4. The zero-order chi connectivity index (χ0) is 32.6. The number of hydrogen-bond acceptors (Lipinski definition) is 7. The van der Waals surface area contributed by atoms with E-state index in [1.165, 1.54) is 24.1 Å². The first-order valence-corrected chi connectivity index (χ1v) is 16.8. The monoisotopic (exact) mass is 636 g/mol. The lowest BCUT2D eigenvalue weighted by Gasteiger charge is -2.35. The van der Waals surface area contributed by atoms with Crippen molar-refractivity contribution in [1.29, 1.82) is 0 Å². The summed E-state index contributed by atoms with van der Waals surface area (Å²) in [4.78, 5) is 40.7. The van der Waals surface area contributed by atoms with Gasteiger partial charge in [0.15, 0.2) is 0 Å². The van der Waals surface area contributed by atoms with Gasteiger partial charge in [-0.25, -0.2) is 8.42 Å². The minimum absolute atomic E-state index is 0.0116. The third kappa shape index (κ3) is 9.04. The van der Waals surface area contributed by atoms with E-state index in [1.807, 2.05) is 61.5 Å². The lowest BCUT2D eigenvalue weighted by atomic mass is 9.94. The summed E-state index contributed by atoms with van der Waals surface area (Å²) >= 11 is 0. The predicted molar refractivity (Wildman–Crippen MR) is 173 cm³/mol. The van der Waals surface area contributed by atoms with E-state index in [0.29, 0.717) is 0 Å². The Morgan fingerprint density at radius 2 is 1.67 bits per heavy atom. The van der Waals surface area contributed by atoms with Crippen LogP contribution in [0.1, 0.15) is 48.8 Å². The number of rotatable bonds is 13. The molecule has 0 aliphatic heterocycles. The number of non-ortho nitro benzene ring substituents is 1. The van der Waals surface area contributed by atoms with E-state index in [2.05, 4.69) is 5.32 Å². The van der Waals surface area contributed by atoms with Crippen molar-refractivity contribution in [3.05, 3.63) is 99.6 Å². The van der Waals surface area contributed by atoms with Gasteiger partial charge in [0.1, 0.15) is 24.0 Å². The highest BCUT2D eigenvalue weighted by Crippen LogP contribution is 2.34. The fourth-order valence-corrected chi connectivity index (χ4v) is 6.41. The Hall–Kier alpha value is -4.45. The minimum Gasteiger partial charge on any atom is -0.495 e. The molecule has 0 spiro atoms. The van der Waals surface area contributed by atoms with Crippen LogP contribution in [0.4, 0.5) is 11.4 Å². The number of sulfonamides is 1. The Balaban J connectivity index is 1.77. The molecule has 12 heteroatoms. The van der Waals surface area contributed by atoms with E-state index in [-0.39, 0.29) is 42.0 Å². The van der Waals surface area contributed by atoms with Crippen LogP contribution in [-0.4, -0.2) is 62.0 Å². The summed E-state index contributed by atoms with van der Waals surface area (Å²) < 4.78 is 32.4. The number of methoxy groups -OCH3 is 1. The SMILES string of the molecule is COc1ccc([N+](=O)[O-])cc1N(CC(=O)N(Cc1ccc(C)cc1)[C@@H](Cc1ccccc1)C(=O)NC1CCCCC1)S(C)(=O)=O. The second kappa shape index (κ2) is 15.0. The van der Waals surface area contributed by atoms with Crippen LogP contribution in [0.15, 0.2) is 72.8 Å². The van der Waals surface area contributed by atoms with E-state index >= 15 is 0 Å². The van der Waals surface area contributed by atoms with Crippen molar-refractivity contribution in [2.75, 3.05) is 24.2 Å². The standard InChI is InChI=1S/C33H40N4O7S/c1-24-14-16-26(17-15-24)22-35(30(20-25-10-6-4-7-11-25)33(39)34-27-12-8-5-9-13-27)32(38)23-36(45(3,42)43)29-21-28(37(40)41)18-19-31(29)44-2/h4,6-7,10-11,14-19,21,27,30H,5,8-9,12-13,20,22-23H2,1-3H3,(H,34,39)/t30-/m0/s1. The summed E-state index contributed by atoms with van der Waals surface area (Å²) in [6.07, 6.45) is 5.95. The molecule has 0 saturated heterocycles. The number of carbonyl (C=O) groups excluding carboxylic acids is 2. The molecule has 0 radical (unpaired) electrons. The van der Waals surface area contributed by atoms with Crippen molar-refractivity contribution in [2.24, 2.45) is 0 Å². The fourth-order valence-electron chi connectivity index (χ4n) is 5.57. The molecule has 3 aromatic carbocycles. The largest absolute Gasteiger partial charge is 0.495 e. The van der Waals surface area contributed by atoms with Gasteiger partial charge in [-0.3, -0.25) is 24.0 Å². The van der Waals surface area contributed by atoms with Crippen LogP contribution in [0.5, 0.6) is 5.75 Å². The van der Waals surface area contributed by atoms with Gasteiger partial charge >= 0.3 is 0 Å². The molecular formula is C33H40N4O7S. The van der Waals surface area contributed by atoms with Crippen LogP contribution < -0.4 is 14.4 Å². The molecule has 2 amide bonds. The molecule has 0 aromatic heterocycles. The number of nitro benzene ring substituents is 1. The lowest BCUT2D eigenvalue weighted by molar-refractivity contribution is -0.384. The van der Waals surface area contributed by atoms with Gasteiger partial charge in [-0.2, -0.15) is 0 Å². The van der Waals surface area contributed by atoms with Gasteiger partial charge < -0.3 is 15.0 Å². The van der Waals surface area contributed by atoms with Crippen molar-refractivity contribution in [1.82, 2.24) is 10.2 Å². The molecule has 3 aromatic rings. The highest BCUT2D eigenvalue weighted by molar-refractivity contribution is 7.92. The normalized spacial score (nSPS) is 14.3. The Morgan fingerprint density at radius 3 is 2.27 bits per heavy atom. The van der Waals surface area contributed by atoms with Gasteiger partial charge in [0.25, 0.3) is 5.69 Å². The third-order valence-corrected chi connectivity index (χ3v) is 9.14. The van der Waals surface area contributed by atoms with Gasteiger partial charge in [0, 0.05) is 31.1 Å². The molecule has 1 aliphatic carbocycles. The van der Waals surface area contributed by atoms with Crippen molar-refractivity contribution < 1.29 is 27.7 Å².